The van der Waals surface area contributed by atoms with Gasteiger partial charge in [0.25, 0.3) is 0 Å². The van der Waals surface area contributed by atoms with Crippen LogP contribution in [0.1, 0.15) is 19.4 Å². The Morgan fingerprint density at radius 1 is 1.41 bits per heavy atom. The summed E-state index contributed by atoms with van der Waals surface area (Å²) in [6.45, 7) is 3.51. The van der Waals surface area contributed by atoms with Crippen molar-refractivity contribution in [2.75, 3.05) is 7.05 Å². The number of nitrogens with zero attached hydrogens (tertiary/aromatic N) is 1. The second-order valence-corrected chi connectivity index (χ2v) is 6.07. The highest BCUT2D eigenvalue weighted by molar-refractivity contribution is 7.89. The van der Waals surface area contributed by atoms with E-state index in [-0.39, 0.29) is 23.0 Å². The van der Waals surface area contributed by atoms with Crippen LogP contribution in [-0.2, 0) is 16.6 Å². The van der Waals surface area contributed by atoms with E-state index in [1.54, 1.807) is 13.8 Å². The molecular formula is C11H17FN2O2S. The third kappa shape index (κ3) is 2.83. The number of benzene rings is 1. The second-order valence-electron chi connectivity index (χ2n) is 4.07. The molecule has 6 heteroatoms. The number of hydrogen-bond acceptors (Lipinski definition) is 3. The van der Waals surface area contributed by atoms with Crippen LogP contribution in [0.5, 0.6) is 0 Å². The maximum Gasteiger partial charge on any atom is 0.243 e. The average molecular weight is 260 g/mol. The number of rotatable bonds is 4. The summed E-state index contributed by atoms with van der Waals surface area (Å²) < 4.78 is 38.7. The largest absolute Gasteiger partial charge is 0.326 e. The van der Waals surface area contributed by atoms with E-state index >= 15 is 0 Å². The van der Waals surface area contributed by atoms with Gasteiger partial charge in [-0.3, -0.25) is 0 Å². The second kappa shape index (κ2) is 5.12. The van der Waals surface area contributed by atoms with Crippen LogP contribution in [0.15, 0.2) is 23.1 Å². The first-order valence-electron chi connectivity index (χ1n) is 5.27. The molecular weight excluding hydrogens is 243 g/mol. The van der Waals surface area contributed by atoms with E-state index < -0.39 is 15.8 Å². The Morgan fingerprint density at radius 3 is 2.47 bits per heavy atom. The molecule has 0 atom stereocenters. The Morgan fingerprint density at radius 2 is 2.00 bits per heavy atom. The highest BCUT2D eigenvalue weighted by Crippen LogP contribution is 2.19. The zero-order chi connectivity index (χ0) is 13.2. The smallest absolute Gasteiger partial charge is 0.243 e. The summed E-state index contributed by atoms with van der Waals surface area (Å²) in [5.41, 5.74) is 5.55. The molecule has 96 valence electrons. The van der Waals surface area contributed by atoms with Gasteiger partial charge in [-0.1, -0.05) is 0 Å². The average Bonchev–Trinajstić information content (AvgIpc) is 2.28. The van der Waals surface area contributed by atoms with Crippen LogP contribution in [0.2, 0.25) is 0 Å². The van der Waals surface area contributed by atoms with E-state index in [0.717, 1.165) is 6.07 Å². The van der Waals surface area contributed by atoms with Crippen molar-refractivity contribution in [2.45, 2.75) is 31.3 Å². The van der Waals surface area contributed by atoms with Crippen molar-refractivity contribution in [1.29, 1.82) is 0 Å². The molecule has 4 nitrogen and oxygen atoms in total. The Labute approximate surface area is 101 Å². The molecule has 0 saturated carbocycles. The standard InChI is InChI=1S/C11H17FN2O2S/c1-8(2)14(3)17(15,16)10-4-5-11(12)9(6-10)7-13/h4-6,8H,7,13H2,1-3H3. The molecule has 1 rings (SSSR count). The number of sulfonamides is 1. The van der Waals surface area contributed by atoms with Crippen molar-refractivity contribution in [3.8, 4) is 0 Å². The lowest BCUT2D eigenvalue weighted by atomic mass is 10.2. The lowest BCUT2D eigenvalue weighted by molar-refractivity contribution is 0.410. The van der Waals surface area contributed by atoms with Crippen LogP contribution in [0.4, 0.5) is 4.39 Å². The molecule has 0 fully saturated rings. The minimum absolute atomic E-state index is 0.0272. The summed E-state index contributed by atoms with van der Waals surface area (Å²) in [5.74, 6) is -0.487. The van der Waals surface area contributed by atoms with E-state index in [9.17, 15) is 12.8 Å². The predicted octanol–water partition coefficient (Wildman–Crippen LogP) is 1.31. The van der Waals surface area contributed by atoms with E-state index in [1.165, 1.54) is 23.5 Å². The molecule has 0 heterocycles. The van der Waals surface area contributed by atoms with Crippen molar-refractivity contribution in [3.63, 3.8) is 0 Å². The van der Waals surface area contributed by atoms with Gasteiger partial charge in [0.1, 0.15) is 5.82 Å². The van der Waals surface area contributed by atoms with Gasteiger partial charge < -0.3 is 5.73 Å². The number of nitrogens with two attached hydrogens (primary N) is 1. The van der Waals surface area contributed by atoms with Crippen molar-refractivity contribution < 1.29 is 12.8 Å². The van der Waals surface area contributed by atoms with Crippen LogP contribution in [0.3, 0.4) is 0 Å². The fraction of sp³-hybridized carbons (Fsp3) is 0.455. The van der Waals surface area contributed by atoms with Crippen LogP contribution < -0.4 is 5.73 Å². The predicted molar refractivity (Wildman–Crippen MR) is 64.4 cm³/mol. The molecule has 0 aliphatic carbocycles. The third-order valence-electron chi connectivity index (χ3n) is 2.64. The summed E-state index contributed by atoms with van der Waals surface area (Å²) in [6.07, 6.45) is 0. The fourth-order valence-electron chi connectivity index (χ4n) is 1.31. The summed E-state index contributed by atoms with van der Waals surface area (Å²) in [4.78, 5) is 0.0653. The molecule has 0 amide bonds. The number of halogens is 1. The van der Waals surface area contributed by atoms with Crippen molar-refractivity contribution >= 4 is 10.0 Å². The summed E-state index contributed by atoms with van der Waals surface area (Å²) >= 11 is 0. The van der Waals surface area contributed by atoms with E-state index in [1.807, 2.05) is 0 Å². The first kappa shape index (κ1) is 14.1. The van der Waals surface area contributed by atoms with E-state index in [2.05, 4.69) is 0 Å². The lowest BCUT2D eigenvalue weighted by Crippen LogP contribution is -2.33. The molecule has 0 radical (unpaired) electrons. The van der Waals surface area contributed by atoms with Gasteiger partial charge in [-0.15, -0.1) is 0 Å². The third-order valence-corrected chi connectivity index (χ3v) is 4.67. The fourth-order valence-corrected chi connectivity index (χ4v) is 2.73. The van der Waals surface area contributed by atoms with E-state index in [0.29, 0.717) is 0 Å². The van der Waals surface area contributed by atoms with Crippen LogP contribution in [-0.4, -0.2) is 25.8 Å². The minimum Gasteiger partial charge on any atom is -0.326 e. The summed E-state index contributed by atoms with van der Waals surface area (Å²) in [5, 5.41) is 0. The molecule has 0 aliphatic heterocycles. The first-order chi connectivity index (χ1) is 7.80. The molecule has 1 aromatic rings. The Bertz CT molecular complexity index is 500. The molecule has 0 bridgehead atoms. The SMILES string of the molecule is CC(C)N(C)S(=O)(=O)c1ccc(F)c(CN)c1. The van der Waals surface area contributed by atoms with Crippen molar-refractivity contribution in [3.05, 3.63) is 29.6 Å². The van der Waals surface area contributed by atoms with Crippen molar-refractivity contribution in [2.24, 2.45) is 5.73 Å². The number of hydrogen-bond donors (Lipinski definition) is 1. The molecule has 0 aliphatic rings. The molecule has 0 spiro atoms. The molecule has 0 saturated heterocycles. The van der Waals surface area contributed by atoms with Crippen LogP contribution >= 0.6 is 0 Å². The zero-order valence-electron chi connectivity index (χ0n) is 10.1. The van der Waals surface area contributed by atoms with Crippen LogP contribution in [0, 0.1) is 5.82 Å². The molecule has 2 N–H and O–H groups in total. The van der Waals surface area contributed by atoms with Gasteiger partial charge in [0, 0.05) is 25.2 Å². The molecule has 0 unspecified atom stereocenters. The van der Waals surface area contributed by atoms with Gasteiger partial charge in [-0.25, -0.2) is 12.8 Å². The van der Waals surface area contributed by atoms with Crippen LogP contribution in [0.25, 0.3) is 0 Å². The monoisotopic (exact) mass is 260 g/mol. The summed E-state index contributed by atoms with van der Waals surface area (Å²) in [6, 6.07) is 3.50. The zero-order valence-corrected chi connectivity index (χ0v) is 11.0. The van der Waals surface area contributed by atoms with Gasteiger partial charge in [0.05, 0.1) is 4.90 Å². The quantitative estimate of drug-likeness (QED) is 0.888. The van der Waals surface area contributed by atoms with Gasteiger partial charge >= 0.3 is 0 Å². The normalized spacial score (nSPS) is 12.4. The van der Waals surface area contributed by atoms with Gasteiger partial charge in [0.2, 0.25) is 10.0 Å². The minimum atomic E-state index is -3.58. The highest BCUT2D eigenvalue weighted by atomic mass is 32.2. The van der Waals surface area contributed by atoms with Crippen molar-refractivity contribution in [1.82, 2.24) is 4.31 Å². The molecule has 1 aromatic carbocycles. The first-order valence-corrected chi connectivity index (χ1v) is 6.71. The van der Waals surface area contributed by atoms with Gasteiger partial charge in [-0.2, -0.15) is 4.31 Å². The molecule has 0 aromatic heterocycles. The topological polar surface area (TPSA) is 63.4 Å². The van der Waals surface area contributed by atoms with Gasteiger partial charge in [0.15, 0.2) is 0 Å². The highest BCUT2D eigenvalue weighted by Gasteiger charge is 2.23. The maximum atomic E-state index is 13.2. The Kier molecular flexibility index (Phi) is 4.24. The van der Waals surface area contributed by atoms with E-state index in [4.69, 9.17) is 5.73 Å². The van der Waals surface area contributed by atoms with Gasteiger partial charge in [-0.05, 0) is 32.0 Å². The lowest BCUT2D eigenvalue weighted by Gasteiger charge is -2.21. The Hall–Kier alpha value is -0.980. The maximum absolute atomic E-state index is 13.2. The Balaban J connectivity index is 3.25. The summed E-state index contributed by atoms with van der Waals surface area (Å²) in [7, 11) is -2.08. The molecule has 17 heavy (non-hydrogen) atoms.